The van der Waals surface area contributed by atoms with Crippen molar-refractivity contribution in [3.05, 3.63) is 24.3 Å². The second kappa shape index (κ2) is 5.05. The first-order valence-corrected chi connectivity index (χ1v) is 5.88. The van der Waals surface area contributed by atoms with Gasteiger partial charge in [0.25, 0.3) is 0 Å². The van der Waals surface area contributed by atoms with E-state index in [0.717, 1.165) is 31.5 Å². The number of carbonyl (C=O) groups excluding carboxylic acids is 1. The Morgan fingerprint density at radius 1 is 1.56 bits per heavy atom. The minimum Gasteiger partial charge on any atom is -0.334 e. The highest BCUT2D eigenvalue weighted by Gasteiger charge is 2.30. The molecule has 16 heavy (non-hydrogen) atoms. The zero-order valence-electron chi connectivity index (χ0n) is 9.59. The maximum Gasteiger partial charge on any atom is 0.223 e. The molecule has 1 saturated heterocycles. The number of aromatic nitrogens is 2. The van der Waals surface area contributed by atoms with Gasteiger partial charge in [-0.1, -0.05) is 6.92 Å². The first-order chi connectivity index (χ1) is 7.83. The van der Waals surface area contributed by atoms with E-state index in [9.17, 15) is 4.79 Å². The molecule has 2 heterocycles. The van der Waals surface area contributed by atoms with E-state index in [-0.39, 0.29) is 11.9 Å². The van der Waals surface area contributed by atoms with Gasteiger partial charge in [-0.3, -0.25) is 14.8 Å². The van der Waals surface area contributed by atoms with Crippen molar-refractivity contribution in [2.45, 2.75) is 38.6 Å². The maximum absolute atomic E-state index is 11.9. The van der Waals surface area contributed by atoms with Gasteiger partial charge in [-0.05, 0) is 19.3 Å². The van der Waals surface area contributed by atoms with Crippen LogP contribution < -0.4 is 0 Å². The fourth-order valence-corrected chi connectivity index (χ4v) is 2.21. The van der Waals surface area contributed by atoms with Crippen LogP contribution in [0.3, 0.4) is 0 Å². The third-order valence-electron chi connectivity index (χ3n) is 2.96. The predicted molar refractivity (Wildman–Crippen MR) is 60.6 cm³/mol. The van der Waals surface area contributed by atoms with E-state index in [0.29, 0.717) is 6.42 Å². The van der Waals surface area contributed by atoms with Gasteiger partial charge >= 0.3 is 0 Å². The highest BCUT2D eigenvalue weighted by Crippen LogP contribution is 2.30. The zero-order valence-corrected chi connectivity index (χ0v) is 9.59. The molecule has 1 aromatic heterocycles. The van der Waals surface area contributed by atoms with Gasteiger partial charge in [-0.15, -0.1) is 0 Å². The van der Waals surface area contributed by atoms with Crippen molar-refractivity contribution in [3.8, 4) is 0 Å². The Morgan fingerprint density at radius 2 is 2.44 bits per heavy atom. The Hall–Kier alpha value is -1.45. The smallest absolute Gasteiger partial charge is 0.223 e. The van der Waals surface area contributed by atoms with Crippen molar-refractivity contribution in [2.75, 3.05) is 6.54 Å². The zero-order chi connectivity index (χ0) is 11.4. The molecule has 1 amide bonds. The minimum atomic E-state index is 0.146. The Balaban J connectivity index is 2.12. The molecule has 86 valence electrons. The molecule has 0 radical (unpaired) electrons. The molecule has 4 nitrogen and oxygen atoms in total. The van der Waals surface area contributed by atoms with Gasteiger partial charge in [0.05, 0.1) is 17.9 Å². The Bertz CT molecular complexity index is 353. The van der Waals surface area contributed by atoms with Gasteiger partial charge in [-0.2, -0.15) is 0 Å². The summed E-state index contributed by atoms with van der Waals surface area (Å²) in [6.45, 7) is 2.89. The van der Waals surface area contributed by atoms with Crippen LogP contribution in [0.15, 0.2) is 18.6 Å². The fraction of sp³-hybridized carbons (Fsp3) is 0.583. The number of hydrogen-bond acceptors (Lipinski definition) is 3. The van der Waals surface area contributed by atoms with Gasteiger partial charge in [0, 0.05) is 25.4 Å². The molecule has 0 bridgehead atoms. The topological polar surface area (TPSA) is 46.1 Å². The molecule has 0 spiro atoms. The molecule has 0 aromatic carbocycles. The molecule has 4 heteroatoms. The van der Waals surface area contributed by atoms with Gasteiger partial charge in [0.15, 0.2) is 0 Å². The summed E-state index contributed by atoms with van der Waals surface area (Å²) in [5, 5.41) is 0. The first kappa shape index (κ1) is 11.0. The summed E-state index contributed by atoms with van der Waals surface area (Å²) < 4.78 is 0. The molecule has 1 aliphatic heterocycles. The van der Waals surface area contributed by atoms with Crippen LogP contribution in [0.2, 0.25) is 0 Å². The normalized spacial score (nSPS) is 20.1. The van der Waals surface area contributed by atoms with Crippen LogP contribution in [0.25, 0.3) is 0 Å². The van der Waals surface area contributed by atoms with E-state index in [1.807, 2.05) is 11.8 Å². The molecule has 1 atom stereocenters. The lowest BCUT2D eigenvalue weighted by Crippen LogP contribution is -2.30. The van der Waals surface area contributed by atoms with Crippen LogP contribution in [0.5, 0.6) is 0 Å². The van der Waals surface area contributed by atoms with Crippen LogP contribution >= 0.6 is 0 Å². The van der Waals surface area contributed by atoms with Crippen molar-refractivity contribution >= 4 is 5.91 Å². The van der Waals surface area contributed by atoms with Crippen molar-refractivity contribution in [1.29, 1.82) is 0 Å². The van der Waals surface area contributed by atoms with Gasteiger partial charge in [0.2, 0.25) is 5.91 Å². The summed E-state index contributed by atoms with van der Waals surface area (Å²) >= 11 is 0. The van der Waals surface area contributed by atoms with Gasteiger partial charge in [-0.25, -0.2) is 0 Å². The average Bonchev–Trinajstić information content (AvgIpc) is 2.79. The van der Waals surface area contributed by atoms with Crippen molar-refractivity contribution in [1.82, 2.24) is 14.9 Å². The van der Waals surface area contributed by atoms with Gasteiger partial charge in [0.1, 0.15) is 0 Å². The first-order valence-electron chi connectivity index (χ1n) is 5.88. The number of nitrogens with zero attached hydrogens (tertiary/aromatic N) is 3. The molecule has 0 N–H and O–H groups in total. The van der Waals surface area contributed by atoms with Crippen LogP contribution in [0, 0.1) is 0 Å². The number of rotatable bonds is 3. The molecule has 2 rings (SSSR count). The highest BCUT2D eigenvalue weighted by atomic mass is 16.2. The molecule has 0 saturated carbocycles. The molecule has 1 aromatic rings. The standard InChI is InChI=1S/C12H17N3O/c1-2-4-12(16)15-8-3-5-11(15)10-9-13-6-7-14-10/h6-7,9,11H,2-5,8H2,1H3. The SMILES string of the molecule is CCCC(=O)N1CCCC1c1cnccn1. The molecular formula is C12H17N3O. The van der Waals surface area contributed by atoms with E-state index in [1.165, 1.54) is 0 Å². The summed E-state index contributed by atoms with van der Waals surface area (Å²) in [4.78, 5) is 22.2. The lowest BCUT2D eigenvalue weighted by Gasteiger charge is -2.23. The van der Waals surface area contributed by atoms with Crippen molar-refractivity contribution in [2.24, 2.45) is 0 Å². The highest BCUT2D eigenvalue weighted by molar-refractivity contribution is 5.76. The second-order valence-corrected chi connectivity index (χ2v) is 4.13. The number of amides is 1. The predicted octanol–water partition coefficient (Wildman–Crippen LogP) is 1.94. The second-order valence-electron chi connectivity index (χ2n) is 4.13. The Labute approximate surface area is 95.7 Å². The third kappa shape index (κ3) is 2.21. The van der Waals surface area contributed by atoms with Crippen LogP contribution in [-0.4, -0.2) is 27.3 Å². The van der Waals surface area contributed by atoms with E-state index in [2.05, 4.69) is 9.97 Å². The van der Waals surface area contributed by atoms with Crippen LogP contribution in [0.1, 0.15) is 44.3 Å². The van der Waals surface area contributed by atoms with Crippen LogP contribution in [0.4, 0.5) is 0 Å². The van der Waals surface area contributed by atoms with E-state index in [4.69, 9.17) is 0 Å². The summed E-state index contributed by atoms with van der Waals surface area (Å²) in [6, 6.07) is 0.146. The Kier molecular flexibility index (Phi) is 3.49. The molecule has 1 aliphatic rings. The van der Waals surface area contributed by atoms with E-state index < -0.39 is 0 Å². The third-order valence-corrected chi connectivity index (χ3v) is 2.96. The Morgan fingerprint density at radius 3 is 3.12 bits per heavy atom. The minimum absolute atomic E-state index is 0.146. The summed E-state index contributed by atoms with van der Waals surface area (Å²) in [6.07, 6.45) is 8.74. The summed E-state index contributed by atoms with van der Waals surface area (Å²) in [7, 11) is 0. The molecule has 0 aliphatic carbocycles. The quantitative estimate of drug-likeness (QED) is 0.780. The lowest BCUT2D eigenvalue weighted by atomic mass is 10.1. The fourth-order valence-electron chi connectivity index (χ4n) is 2.21. The summed E-state index contributed by atoms with van der Waals surface area (Å²) in [5.74, 6) is 0.246. The average molecular weight is 219 g/mol. The van der Waals surface area contributed by atoms with Crippen molar-refractivity contribution in [3.63, 3.8) is 0 Å². The number of hydrogen-bond donors (Lipinski definition) is 0. The lowest BCUT2D eigenvalue weighted by molar-refractivity contribution is -0.132. The number of carbonyl (C=O) groups is 1. The largest absolute Gasteiger partial charge is 0.334 e. The van der Waals surface area contributed by atoms with E-state index >= 15 is 0 Å². The number of likely N-dealkylation sites (tertiary alicyclic amines) is 1. The van der Waals surface area contributed by atoms with Gasteiger partial charge < -0.3 is 4.90 Å². The molecule has 1 unspecified atom stereocenters. The van der Waals surface area contributed by atoms with E-state index in [1.54, 1.807) is 18.6 Å². The monoisotopic (exact) mass is 219 g/mol. The van der Waals surface area contributed by atoms with Crippen LogP contribution in [-0.2, 0) is 4.79 Å². The van der Waals surface area contributed by atoms with Crippen molar-refractivity contribution < 1.29 is 4.79 Å². The molecular weight excluding hydrogens is 202 g/mol. The maximum atomic E-state index is 11.9. The molecule has 1 fully saturated rings. The summed E-state index contributed by atoms with van der Waals surface area (Å²) in [5.41, 5.74) is 0.921.